The van der Waals surface area contributed by atoms with Gasteiger partial charge in [0.1, 0.15) is 0 Å². The van der Waals surface area contributed by atoms with Gasteiger partial charge in [0.25, 0.3) is 0 Å². The van der Waals surface area contributed by atoms with Crippen molar-refractivity contribution < 1.29 is 4.79 Å². The average molecular weight is 296 g/mol. The van der Waals surface area contributed by atoms with Crippen LogP contribution in [0.15, 0.2) is 39.6 Å². The molecule has 16 heavy (non-hydrogen) atoms. The van der Waals surface area contributed by atoms with Gasteiger partial charge in [0.05, 0.1) is 0 Å². The van der Waals surface area contributed by atoms with Crippen LogP contribution in [0, 0.1) is 0 Å². The molecule has 0 aliphatic heterocycles. The van der Waals surface area contributed by atoms with Crippen molar-refractivity contribution in [1.29, 1.82) is 0 Å². The van der Waals surface area contributed by atoms with Crippen molar-refractivity contribution in [2.45, 2.75) is 12.8 Å². The fourth-order valence-corrected chi connectivity index (χ4v) is 2.92. The average Bonchev–Trinajstić information content (AvgIpc) is 2.74. The zero-order valence-electron chi connectivity index (χ0n) is 8.52. The van der Waals surface area contributed by atoms with E-state index in [1.165, 1.54) is 11.3 Å². The number of Topliss-reactive ketones (excluding diaryl/α,β-unsaturated/α-hetero) is 1. The maximum Gasteiger partial charge on any atom is 0.165 e. The van der Waals surface area contributed by atoms with Crippen LogP contribution in [0.2, 0.25) is 0 Å². The van der Waals surface area contributed by atoms with Crippen molar-refractivity contribution in [2.75, 3.05) is 0 Å². The number of thiophene rings is 1. The highest BCUT2D eigenvalue weighted by molar-refractivity contribution is 9.10. The normalized spacial score (nSPS) is 10.3. The molecule has 0 aromatic carbocycles. The Morgan fingerprint density at radius 1 is 1.38 bits per heavy atom. The number of nitrogens with zero attached hydrogens (tertiary/aromatic N) is 1. The summed E-state index contributed by atoms with van der Waals surface area (Å²) in [4.78, 5) is 16.0. The fourth-order valence-electron chi connectivity index (χ4n) is 1.40. The third kappa shape index (κ3) is 2.77. The van der Waals surface area contributed by atoms with Gasteiger partial charge < -0.3 is 0 Å². The van der Waals surface area contributed by atoms with Gasteiger partial charge in [-0.05, 0) is 34.5 Å². The zero-order valence-corrected chi connectivity index (χ0v) is 10.9. The molecule has 2 heterocycles. The van der Waals surface area contributed by atoms with Crippen LogP contribution in [0.3, 0.4) is 0 Å². The Labute approximate surface area is 106 Å². The molecule has 0 radical (unpaired) electrons. The van der Waals surface area contributed by atoms with Crippen LogP contribution in [-0.4, -0.2) is 10.8 Å². The molecule has 0 bridgehead atoms. The third-order valence-electron chi connectivity index (χ3n) is 2.25. The summed E-state index contributed by atoms with van der Waals surface area (Å²) in [7, 11) is 0. The molecule has 0 atom stereocenters. The molecule has 2 rings (SSSR count). The molecule has 0 fully saturated rings. The Balaban J connectivity index is 1.97. The first-order valence-corrected chi connectivity index (χ1v) is 6.66. The van der Waals surface area contributed by atoms with Crippen LogP contribution in [-0.2, 0) is 6.42 Å². The van der Waals surface area contributed by atoms with Gasteiger partial charge in [-0.25, -0.2) is 0 Å². The number of aromatic nitrogens is 1. The van der Waals surface area contributed by atoms with E-state index in [1.807, 2.05) is 29.0 Å². The first kappa shape index (κ1) is 11.5. The smallest absolute Gasteiger partial charge is 0.165 e. The number of pyridine rings is 1. The van der Waals surface area contributed by atoms with Crippen molar-refractivity contribution in [3.05, 3.63) is 50.9 Å². The van der Waals surface area contributed by atoms with Gasteiger partial charge in [-0.1, -0.05) is 6.07 Å². The SMILES string of the molecule is O=C(CCc1ccccn1)c1cscc1Br. The van der Waals surface area contributed by atoms with E-state index in [4.69, 9.17) is 0 Å². The van der Waals surface area contributed by atoms with E-state index in [9.17, 15) is 4.79 Å². The zero-order chi connectivity index (χ0) is 11.4. The molecule has 2 aromatic heterocycles. The maximum atomic E-state index is 11.8. The topological polar surface area (TPSA) is 30.0 Å². The summed E-state index contributed by atoms with van der Waals surface area (Å²) < 4.78 is 0.892. The number of rotatable bonds is 4. The standard InChI is InChI=1S/C12H10BrNOS/c13-11-8-16-7-10(11)12(15)5-4-9-3-1-2-6-14-9/h1-3,6-8H,4-5H2. The minimum atomic E-state index is 0.166. The summed E-state index contributed by atoms with van der Waals surface area (Å²) in [5, 5.41) is 3.80. The van der Waals surface area contributed by atoms with Crippen molar-refractivity contribution in [2.24, 2.45) is 0 Å². The van der Waals surface area contributed by atoms with Gasteiger partial charge in [0.2, 0.25) is 0 Å². The lowest BCUT2D eigenvalue weighted by Crippen LogP contribution is -2.01. The highest BCUT2D eigenvalue weighted by Crippen LogP contribution is 2.22. The predicted molar refractivity (Wildman–Crippen MR) is 68.9 cm³/mol. The van der Waals surface area contributed by atoms with Gasteiger partial charge in [-0.15, -0.1) is 0 Å². The predicted octanol–water partition coefficient (Wildman–Crippen LogP) is 3.72. The molecular weight excluding hydrogens is 286 g/mol. The van der Waals surface area contributed by atoms with Crippen LogP contribution >= 0.6 is 27.3 Å². The van der Waals surface area contributed by atoms with Gasteiger partial charge in [0.15, 0.2) is 5.78 Å². The second-order valence-electron chi connectivity index (χ2n) is 3.38. The van der Waals surface area contributed by atoms with Crippen LogP contribution < -0.4 is 0 Å². The lowest BCUT2D eigenvalue weighted by Gasteiger charge is -1.99. The number of hydrogen-bond donors (Lipinski definition) is 0. The molecule has 0 spiro atoms. The summed E-state index contributed by atoms with van der Waals surface area (Å²) in [6.07, 6.45) is 2.95. The summed E-state index contributed by atoms with van der Waals surface area (Å²) >= 11 is 4.90. The van der Waals surface area contributed by atoms with Gasteiger partial charge in [-0.2, -0.15) is 11.3 Å². The molecule has 2 aromatic rings. The Kier molecular flexibility index (Phi) is 3.85. The summed E-state index contributed by atoms with van der Waals surface area (Å²) in [5.74, 6) is 0.166. The molecule has 0 aliphatic carbocycles. The lowest BCUT2D eigenvalue weighted by atomic mass is 10.1. The molecule has 2 nitrogen and oxygen atoms in total. The quantitative estimate of drug-likeness (QED) is 0.805. The van der Waals surface area contributed by atoms with Crippen molar-refractivity contribution in [3.8, 4) is 0 Å². The molecule has 4 heteroatoms. The highest BCUT2D eigenvalue weighted by atomic mass is 79.9. The largest absolute Gasteiger partial charge is 0.294 e. The number of carbonyl (C=O) groups is 1. The van der Waals surface area contributed by atoms with Gasteiger partial charge >= 0.3 is 0 Å². The van der Waals surface area contributed by atoms with Crippen LogP contribution in [0.5, 0.6) is 0 Å². The van der Waals surface area contributed by atoms with E-state index in [2.05, 4.69) is 20.9 Å². The minimum absolute atomic E-state index is 0.166. The second-order valence-corrected chi connectivity index (χ2v) is 4.98. The van der Waals surface area contributed by atoms with Gasteiger partial charge in [0, 0.05) is 39.1 Å². The molecule has 0 aliphatic rings. The summed E-state index contributed by atoms with van der Waals surface area (Å²) in [6.45, 7) is 0. The number of aryl methyl sites for hydroxylation is 1. The Hall–Kier alpha value is -1.00. The first-order chi connectivity index (χ1) is 7.77. The molecular formula is C12H10BrNOS. The van der Waals surface area contributed by atoms with Crippen LogP contribution in [0.1, 0.15) is 22.5 Å². The molecule has 0 saturated carbocycles. The fraction of sp³-hybridized carbons (Fsp3) is 0.167. The van der Waals surface area contributed by atoms with Crippen molar-refractivity contribution >= 4 is 33.0 Å². The van der Waals surface area contributed by atoms with E-state index < -0.39 is 0 Å². The molecule has 82 valence electrons. The Morgan fingerprint density at radius 2 is 2.25 bits per heavy atom. The Morgan fingerprint density at radius 3 is 2.88 bits per heavy atom. The minimum Gasteiger partial charge on any atom is -0.294 e. The van der Waals surface area contributed by atoms with E-state index in [0.717, 1.165) is 15.7 Å². The van der Waals surface area contributed by atoms with Crippen molar-refractivity contribution in [3.63, 3.8) is 0 Å². The number of hydrogen-bond acceptors (Lipinski definition) is 3. The molecule has 0 unspecified atom stereocenters. The Bertz CT molecular complexity index is 481. The first-order valence-electron chi connectivity index (χ1n) is 4.92. The van der Waals surface area contributed by atoms with Crippen LogP contribution in [0.25, 0.3) is 0 Å². The summed E-state index contributed by atoms with van der Waals surface area (Å²) in [5.41, 5.74) is 1.74. The third-order valence-corrected chi connectivity index (χ3v) is 3.95. The van der Waals surface area contributed by atoms with Gasteiger partial charge in [-0.3, -0.25) is 9.78 Å². The van der Waals surface area contributed by atoms with E-state index in [1.54, 1.807) is 6.20 Å². The molecule has 0 amide bonds. The monoisotopic (exact) mass is 295 g/mol. The van der Waals surface area contributed by atoms with E-state index in [-0.39, 0.29) is 5.78 Å². The maximum absolute atomic E-state index is 11.8. The van der Waals surface area contributed by atoms with Crippen LogP contribution in [0.4, 0.5) is 0 Å². The lowest BCUT2D eigenvalue weighted by molar-refractivity contribution is 0.0982. The summed E-state index contributed by atoms with van der Waals surface area (Å²) in [6, 6.07) is 5.75. The number of carbonyl (C=O) groups excluding carboxylic acids is 1. The number of ketones is 1. The molecule has 0 N–H and O–H groups in total. The molecule has 0 saturated heterocycles. The second kappa shape index (κ2) is 5.37. The van der Waals surface area contributed by atoms with E-state index >= 15 is 0 Å². The van der Waals surface area contributed by atoms with Crippen molar-refractivity contribution in [1.82, 2.24) is 4.98 Å². The van der Waals surface area contributed by atoms with E-state index in [0.29, 0.717) is 12.8 Å². The highest BCUT2D eigenvalue weighted by Gasteiger charge is 2.10. The number of halogens is 1.